The van der Waals surface area contributed by atoms with Gasteiger partial charge in [0.1, 0.15) is 0 Å². The fraction of sp³-hybridized carbons (Fsp3) is 0.286. The monoisotopic (exact) mass is 391 g/mol. The highest BCUT2D eigenvalue weighted by Gasteiger charge is 2.20. The van der Waals surface area contributed by atoms with Crippen LogP contribution in [0.1, 0.15) is 40.5 Å². The first kappa shape index (κ1) is 20.0. The van der Waals surface area contributed by atoms with E-state index < -0.39 is 5.97 Å². The summed E-state index contributed by atoms with van der Waals surface area (Å²) in [6.07, 6.45) is 8.78. The van der Waals surface area contributed by atoms with Crippen LogP contribution in [-0.4, -0.2) is 45.5 Å². The van der Waals surface area contributed by atoms with Crippen LogP contribution < -0.4 is 0 Å². The molecule has 8 heteroatoms. The number of nitrogens with zero attached hydrogens (tertiary/aromatic N) is 5. The van der Waals surface area contributed by atoms with Crippen LogP contribution in [0.15, 0.2) is 36.8 Å². The van der Waals surface area contributed by atoms with E-state index in [1.165, 1.54) is 20.4 Å². The number of hydrogen-bond acceptors (Lipinski definition) is 6. The van der Waals surface area contributed by atoms with Gasteiger partial charge in [-0.3, -0.25) is 14.8 Å². The summed E-state index contributed by atoms with van der Waals surface area (Å²) < 4.78 is 6.73. The molecule has 0 radical (unpaired) electrons. The molecular weight excluding hydrogens is 370 g/mol. The summed E-state index contributed by atoms with van der Waals surface area (Å²) in [7, 11) is 2.75. The van der Waals surface area contributed by atoms with Crippen molar-refractivity contribution in [2.24, 2.45) is 0 Å². The highest BCUT2D eigenvalue weighted by Crippen LogP contribution is 2.27. The van der Waals surface area contributed by atoms with Crippen molar-refractivity contribution in [3.05, 3.63) is 47.9 Å². The number of carbonyl (C=O) groups excluding carboxylic acids is 2. The minimum Gasteiger partial charge on any atom is -0.465 e. The lowest BCUT2D eigenvalue weighted by Crippen LogP contribution is -2.20. The number of nitriles is 1. The molecule has 0 spiro atoms. The van der Waals surface area contributed by atoms with Crippen molar-refractivity contribution < 1.29 is 14.3 Å². The van der Waals surface area contributed by atoms with E-state index in [9.17, 15) is 9.59 Å². The van der Waals surface area contributed by atoms with E-state index in [4.69, 9.17) is 10.00 Å². The summed E-state index contributed by atoms with van der Waals surface area (Å²) in [5, 5.41) is 9.79. The third-order valence-electron chi connectivity index (χ3n) is 4.65. The zero-order valence-electron chi connectivity index (χ0n) is 16.5. The molecule has 148 valence electrons. The molecule has 0 aliphatic heterocycles. The fourth-order valence-electron chi connectivity index (χ4n) is 3.05. The number of ether oxygens (including phenoxy) is 1. The second kappa shape index (κ2) is 8.52. The lowest BCUT2D eigenvalue weighted by atomic mass is 10.1. The first-order valence-corrected chi connectivity index (χ1v) is 9.21. The zero-order valence-corrected chi connectivity index (χ0v) is 16.5. The second-order valence-corrected chi connectivity index (χ2v) is 6.56. The number of esters is 1. The predicted octanol–water partition coefficient (Wildman–Crippen LogP) is 3.24. The Hall–Kier alpha value is -3.73. The Bertz CT molecular complexity index is 1110. The minimum atomic E-state index is -0.466. The second-order valence-electron chi connectivity index (χ2n) is 6.56. The summed E-state index contributed by atoms with van der Waals surface area (Å²) in [4.78, 5) is 34.3. The van der Waals surface area contributed by atoms with E-state index in [0.717, 1.165) is 29.8 Å². The van der Waals surface area contributed by atoms with Crippen LogP contribution in [0.2, 0.25) is 0 Å². The molecule has 0 saturated carbocycles. The lowest BCUT2D eigenvalue weighted by Gasteiger charge is -2.07. The number of aromatic nitrogens is 3. The maximum Gasteiger partial charge on any atom is 0.337 e. The molecule has 0 saturated heterocycles. The summed E-state index contributed by atoms with van der Waals surface area (Å²) in [6.45, 7) is 2.84. The summed E-state index contributed by atoms with van der Waals surface area (Å²) in [5.74, 6) is -0.854. The van der Waals surface area contributed by atoms with Crippen LogP contribution >= 0.6 is 0 Å². The van der Waals surface area contributed by atoms with Gasteiger partial charge in [-0.2, -0.15) is 5.26 Å². The van der Waals surface area contributed by atoms with Gasteiger partial charge in [0.15, 0.2) is 6.19 Å². The molecule has 0 aromatic carbocycles. The Balaban J connectivity index is 2.14. The molecule has 1 amide bonds. The van der Waals surface area contributed by atoms with Gasteiger partial charge in [0, 0.05) is 31.4 Å². The molecule has 8 nitrogen and oxygen atoms in total. The quantitative estimate of drug-likeness (QED) is 0.363. The fourth-order valence-corrected chi connectivity index (χ4v) is 3.05. The maximum absolute atomic E-state index is 12.7. The topological polar surface area (TPSA) is 101 Å². The third-order valence-corrected chi connectivity index (χ3v) is 4.65. The van der Waals surface area contributed by atoms with E-state index in [1.54, 1.807) is 30.6 Å². The standard InChI is InChI=1S/C21H21N5O3/c1-4-5-8-26-12-16(20(27)25(2)13-22)15-10-18(24-11-19(15)26)17-9-14(6-7-23-17)21(28)29-3/h6-7,9-12H,4-5,8H2,1-3H3. The van der Waals surface area contributed by atoms with Crippen LogP contribution in [-0.2, 0) is 11.3 Å². The van der Waals surface area contributed by atoms with Gasteiger partial charge in [-0.25, -0.2) is 9.69 Å². The van der Waals surface area contributed by atoms with Gasteiger partial charge in [0.2, 0.25) is 0 Å². The molecule has 0 aliphatic rings. The van der Waals surface area contributed by atoms with E-state index in [1.807, 2.05) is 10.8 Å². The van der Waals surface area contributed by atoms with E-state index in [-0.39, 0.29) is 5.91 Å². The van der Waals surface area contributed by atoms with Gasteiger partial charge in [0.25, 0.3) is 5.91 Å². The Morgan fingerprint density at radius 2 is 2.03 bits per heavy atom. The highest BCUT2D eigenvalue weighted by molar-refractivity contribution is 6.08. The maximum atomic E-state index is 12.7. The Labute approximate surface area is 168 Å². The lowest BCUT2D eigenvalue weighted by molar-refractivity contribution is 0.0600. The van der Waals surface area contributed by atoms with Crippen LogP contribution in [0.4, 0.5) is 0 Å². The molecule has 0 unspecified atom stereocenters. The number of amides is 1. The number of aryl methyl sites for hydroxylation is 1. The largest absolute Gasteiger partial charge is 0.465 e. The van der Waals surface area contributed by atoms with Crippen LogP contribution in [0.3, 0.4) is 0 Å². The first-order chi connectivity index (χ1) is 14.0. The number of fused-ring (bicyclic) bond motifs is 1. The molecule has 3 aromatic rings. The van der Waals surface area contributed by atoms with Crippen molar-refractivity contribution in [1.29, 1.82) is 5.26 Å². The molecule has 29 heavy (non-hydrogen) atoms. The van der Waals surface area contributed by atoms with E-state index in [0.29, 0.717) is 27.9 Å². The van der Waals surface area contributed by atoms with Crippen molar-refractivity contribution in [2.75, 3.05) is 14.2 Å². The molecule has 3 heterocycles. The van der Waals surface area contributed by atoms with E-state index >= 15 is 0 Å². The summed E-state index contributed by atoms with van der Waals surface area (Å²) >= 11 is 0. The van der Waals surface area contributed by atoms with Crippen molar-refractivity contribution >= 4 is 22.8 Å². The Morgan fingerprint density at radius 1 is 1.28 bits per heavy atom. The average molecular weight is 391 g/mol. The van der Waals surface area contributed by atoms with Crippen molar-refractivity contribution in [1.82, 2.24) is 19.4 Å². The molecular formula is C21H21N5O3. The number of carbonyl (C=O) groups is 2. The molecule has 0 N–H and O–H groups in total. The Kier molecular flexibility index (Phi) is 5.88. The average Bonchev–Trinajstić information content (AvgIpc) is 3.13. The van der Waals surface area contributed by atoms with Gasteiger partial charge >= 0.3 is 5.97 Å². The number of hydrogen-bond donors (Lipinski definition) is 0. The van der Waals surface area contributed by atoms with E-state index in [2.05, 4.69) is 16.9 Å². The predicted molar refractivity (Wildman–Crippen MR) is 107 cm³/mol. The smallest absolute Gasteiger partial charge is 0.337 e. The van der Waals surface area contributed by atoms with Crippen molar-refractivity contribution in [3.63, 3.8) is 0 Å². The van der Waals surface area contributed by atoms with Gasteiger partial charge in [0.05, 0.1) is 41.3 Å². The summed E-state index contributed by atoms with van der Waals surface area (Å²) in [5.41, 5.74) is 2.60. The number of methoxy groups -OCH3 is 1. The highest BCUT2D eigenvalue weighted by atomic mass is 16.5. The van der Waals surface area contributed by atoms with Crippen molar-refractivity contribution in [2.45, 2.75) is 26.3 Å². The van der Waals surface area contributed by atoms with Gasteiger partial charge in [-0.15, -0.1) is 0 Å². The van der Waals surface area contributed by atoms with Gasteiger partial charge < -0.3 is 9.30 Å². The van der Waals surface area contributed by atoms with Crippen LogP contribution in [0.5, 0.6) is 0 Å². The molecule has 0 aliphatic carbocycles. The number of rotatable bonds is 6. The van der Waals surface area contributed by atoms with Crippen molar-refractivity contribution in [3.8, 4) is 17.6 Å². The first-order valence-electron chi connectivity index (χ1n) is 9.21. The molecule has 0 bridgehead atoms. The normalized spacial score (nSPS) is 10.6. The molecule has 0 fully saturated rings. The van der Waals surface area contributed by atoms with Gasteiger partial charge in [-0.1, -0.05) is 13.3 Å². The SMILES string of the molecule is CCCCn1cc(C(=O)N(C)C#N)c2cc(-c3cc(C(=O)OC)ccn3)ncc21. The minimum absolute atomic E-state index is 0.362. The number of unbranched alkanes of at least 4 members (excludes halogenated alkanes) is 1. The Morgan fingerprint density at radius 3 is 2.72 bits per heavy atom. The number of pyridine rings is 2. The van der Waals surface area contributed by atoms with Gasteiger partial charge in [-0.05, 0) is 24.6 Å². The zero-order chi connectivity index (χ0) is 21.0. The van der Waals surface area contributed by atoms with Crippen LogP contribution in [0, 0.1) is 11.5 Å². The summed E-state index contributed by atoms with van der Waals surface area (Å²) in [6, 6.07) is 4.92. The van der Waals surface area contributed by atoms with Crippen LogP contribution in [0.25, 0.3) is 22.3 Å². The molecule has 3 rings (SSSR count). The molecule has 3 aromatic heterocycles. The third kappa shape index (κ3) is 3.94. The molecule has 0 atom stereocenters.